The van der Waals surface area contributed by atoms with Gasteiger partial charge in [-0.3, -0.25) is 13.9 Å². The highest BCUT2D eigenvalue weighted by molar-refractivity contribution is 7.50. The lowest BCUT2D eigenvalue weighted by Gasteiger charge is -2.25. The zero-order valence-corrected chi connectivity index (χ0v) is 26.9. The average Bonchev–Trinajstić information content (AvgIpc) is 3.27. The van der Waals surface area contributed by atoms with Crippen LogP contribution in [0.4, 0.5) is 19.4 Å². The highest BCUT2D eigenvalue weighted by atomic mass is 31.2. The third kappa shape index (κ3) is 10.2. The molecule has 1 aromatic heterocycles. The van der Waals surface area contributed by atoms with Gasteiger partial charge in [-0.2, -0.15) is 13.8 Å². The lowest BCUT2D eigenvalue weighted by Crippen LogP contribution is -2.42. The molecule has 0 saturated carbocycles. The van der Waals surface area contributed by atoms with E-state index < -0.39 is 75.0 Å². The first kappa shape index (κ1) is 38.8. The molecule has 2 heterocycles. The number of rotatable bonds is 16. The lowest BCUT2D eigenvalue weighted by atomic mass is 10.1. The van der Waals surface area contributed by atoms with E-state index in [2.05, 4.69) is 20.3 Å². The Bertz CT molecular complexity index is 1660. The normalized spacial score (nSPS) is 20.1. The summed E-state index contributed by atoms with van der Waals surface area (Å²) in [6.07, 6.45) is -6.99. The molecule has 20 nitrogen and oxygen atoms in total. The van der Waals surface area contributed by atoms with Crippen molar-refractivity contribution in [2.24, 2.45) is 5.11 Å². The number of aliphatic hydroxyl groups is 1. The van der Waals surface area contributed by atoms with Crippen LogP contribution in [-0.4, -0.2) is 117 Å². The quantitative estimate of drug-likeness (QED) is 0.0699. The molecule has 1 saturated heterocycles. The van der Waals surface area contributed by atoms with Crippen molar-refractivity contribution in [3.05, 3.63) is 68.6 Å². The molecule has 5 atom stereocenters. The Kier molecular flexibility index (Phi) is 13.1. The number of carbonyl (C=O) groups excluding carboxylic acids is 2. The van der Waals surface area contributed by atoms with Crippen molar-refractivity contribution in [2.75, 3.05) is 46.1 Å². The zero-order chi connectivity index (χ0) is 36.5. The molecule has 1 aliphatic heterocycles. The molecule has 1 aliphatic rings. The number of ether oxygens (including phenoxy) is 2. The molecular weight excluding hydrogens is 683 g/mol. The largest absolute Gasteiger partial charge is 0.480 e. The first-order valence-corrected chi connectivity index (χ1v) is 15.8. The van der Waals surface area contributed by atoms with Gasteiger partial charge < -0.3 is 40.5 Å². The number of azide groups is 1. The van der Waals surface area contributed by atoms with Crippen molar-refractivity contribution in [3.63, 3.8) is 0 Å². The molecule has 0 bridgehead atoms. The summed E-state index contributed by atoms with van der Waals surface area (Å²) in [6.45, 7) is -1.85. The standard InChI is InChI=1S/C26H34F2N9O11P/c1-35(25(43)46-14-18-20(38)26(27,28)23(48-18)37-9-7-19(29)33-24(37)42)10-11-36(2)49(44,45)47-12-8-17(22(40)41)32-21(39)16-5-3-15(4-6-16)13-31-34-30/h3-7,9,17-18,20,23,38H,8,10-14H2,1-2H3,(H,32,39)(H,40,41)(H,44,45)(H2,29,33,42)/t17-,18?,20+,23+/m0/s1. The fourth-order valence-corrected chi connectivity index (χ4v) is 5.13. The van der Waals surface area contributed by atoms with Gasteiger partial charge in [0.1, 0.15) is 24.6 Å². The minimum atomic E-state index is -4.53. The molecule has 1 fully saturated rings. The van der Waals surface area contributed by atoms with Crippen molar-refractivity contribution < 1.29 is 56.8 Å². The molecular formula is C26H34F2N9O11P. The highest BCUT2D eigenvalue weighted by Crippen LogP contribution is 2.45. The number of aliphatic carboxylic acids is 1. The van der Waals surface area contributed by atoms with Crippen molar-refractivity contribution in [1.82, 2.24) is 24.4 Å². The third-order valence-corrected chi connectivity index (χ3v) is 8.74. The van der Waals surface area contributed by atoms with Crippen LogP contribution in [0.3, 0.4) is 0 Å². The Balaban J connectivity index is 1.45. The van der Waals surface area contributed by atoms with E-state index in [1.165, 1.54) is 38.4 Å². The summed E-state index contributed by atoms with van der Waals surface area (Å²) < 4.78 is 58.4. The van der Waals surface area contributed by atoms with Gasteiger partial charge in [0.25, 0.3) is 5.91 Å². The van der Waals surface area contributed by atoms with Crippen LogP contribution in [0.1, 0.15) is 28.6 Å². The van der Waals surface area contributed by atoms with Gasteiger partial charge in [-0.25, -0.2) is 23.6 Å². The Labute approximate surface area is 276 Å². The fourth-order valence-electron chi connectivity index (χ4n) is 4.25. The first-order valence-electron chi connectivity index (χ1n) is 14.2. The number of nitrogens with zero attached hydrogens (tertiary/aromatic N) is 7. The molecule has 49 heavy (non-hydrogen) atoms. The van der Waals surface area contributed by atoms with Crippen molar-refractivity contribution >= 4 is 31.5 Å². The molecule has 268 valence electrons. The molecule has 2 unspecified atom stereocenters. The topological polar surface area (TPSA) is 285 Å². The molecule has 0 radical (unpaired) electrons. The summed E-state index contributed by atoms with van der Waals surface area (Å²) >= 11 is 0. The minimum Gasteiger partial charge on any atom is -0.480 e. The van der Waals surface area contributed by atoms with E-state index in [1.54, 1.807) is 0 Å². The predicted octanol–water partition coefficient (Wildman–Crippen LogP) is 0.920. The summed E-state index contributed by atoms with van der Waals surface area (Å²) in [5.41, 5.74) is 13.3. The average molecular weight is 718 g/mol. The van der Waals surface area contributed by atoms with Gasteiger partial charge in [0.15, 0.2) is 6.10 Å². The van der Waals surface area contributed by atoms with Crippen LogP contribution in [0.15, 0.2) is 46.4 Å². The van der Waals surface area contributed by atoms with Crippen LogP contribution >= 0.6 is 7.75 Å². The zero-order valence-electron chi connectivity index (χ0n) is 26.0. The fraction of sp³-hybridized carbons (Fsp3) is 0.500. The number of hydrogen-bond donors (Lipinski definition) is 5. The Hall–Kier alpha value is -4.69. The maximum atomic E-state index is 14.7. The summed E-state index contributed by atoms with van der Waals surface area (Å²) in [7, 11) is -2.11. The number of carboxylic acids is 1. The van der Waals surface area contributed by atoms with Gasteiger partial charge in [0.2, 0.25) is 6.23 Å². The number of carbonyl (C=O) groups is 3. The maximum absolute atomic E-state index is 14.7. The summed E-state index contributed by atoms with van der Waals surface area (Å²) in [5.74, 6) is -6.35. The molecule has 2 amide bonds. The Morgan fingerprint density at radius 2 is 1.94 bits per heavy atom. The highest BCUT2D eigenvalue weighted by Gasteiger charge is 2.60. The second kappa shape index (κ2) is 16.6. The second-order valence-corrected chi connectivity index (χ2v) is 12.6. The number of likely N-dealkylation sites (N-methyl/N-ethyl adjacent to an activating group) is 2. The van der Waals surface area contributed by atoms with Gasteiger partial charge in [0, 0.05) is 43.2 Å². The maximum Gasteiger partial charge on any atom is 0.409 e. The summed E-state index contributed by atoms with van der Waals surface area (Å²) in [4.78, 5) is 65.8. The van der Waals surface area contributed by atoms with Crippen LogP contribution in [0.25, 0.3) is 10.4 Å². The van der Waals surface area contributed by atoms with E-state index in [0.29, 0.717) is 10.1 Å². The molecule has 0 aliphatic carbocycles. The van der Waals surface area contributed by atoms with Crippen molar-refractivity contribution in [2.45, 2.75) is 43.4 Å². The SMILES string of the molecule is CN(CCN(C)P(=O)(O)OCC[C@H](NC(=O)c1ccc(CN=[N+]=[N-])cc1)C(=O)O)C(=O)OCC1O[C@@H](n2ccc(N)nc2=O)C(F)(F)[C@@H]1O. The van der Waals surface area contributed by atoms with Gasteiger partial charge in [0.05, 0.1) is 13.2 Å². The number of nitrogens with two attached hydrogens (primary N) is 1. The number of nitrogens with one attached hydrogen (secondary N) is 1. The second-order valence-electron chi connectivity index (χ2n) is 10.6. The van der Waals surface area contributed by atoms with Crippen molar-refractivity contribution in [3.8, 4) is 0 Å². The van der Waals surface area contributed by atoms with Gasteiger partial charge in [-0.1, -0.05) is 17.2 Å². The van der Waals surface area contributed by atoms with Crippen LogP contribution < -0.4 is 16.7 Å². The number of carboxylic acid groups (broad SMARTS) is 1. The number of aliphatic hydroxyl groups excluding tert-OH is 1. The molecule has 3 rings (SSSR count). The summed E-state index contributed by atoms with van der Waals surface area (Å²) in [5, 5.41) is 25.3. The van der Waals surface area contributed by atoms with E-state index in [0.717, 1.165) is 21.8 Å². The number of hydrogen-bond acceptors (Lipinski definition) is 12. The number of nitrogen functional groups attached to an aromatic ring is 1. The van der Waals surface area contributed by atoms with Gasteiger partial charge in [-0.15, -0.1) is 0 Å². The minimum absolute atomic E-state index is 0.0601. The Morgan fingerprint density at radius 3 is 2.55 bits per heavy atom. The summed E-state index contributed by atoms with van der Waals surface area (Å²) in [6, 6.07) is 5.45. The van der Waals surface area contributed by atoms with Gasteiger partial charge >= 0.3 is 31.4 Å². The van der Waals surface area contributed by atoms with Gasteiger partial charge in [-0.05, 0) is 36.3 Å². The number of anilines is 1. The molecule has 1 aromatic carbocycles. The number of amides is 2. The van der Waals surface area contributed by atoms with E-state index in [4.69, 9.17) is 25.3 Å². The van der Waals surface area contributed by atoms with E-state index in [-0.39, 0.29) is 37.4 Å². The number of halogens is 2. The van der Waals surface area contributed by atoms with E-state index >= 15 is 0 Å². The third-order valence-electron chi connectivity index (χ3n) is 7.16. The lowest BCUT2D eigenvalue weighted by molar-refractivity contribution is -0.141. The molecule has 6 N–H and O–H groups in total. The number of aromatic nitrogens is 2. The number of alkyl halides is 2. The monoisotopic (exact) mass is 717 g/mol. The molecule has 0 spiro atoms. The smallest absolute Gasteiger partial charge is 0.409 e. The Morgan fingerprint density at radius 1 is 1.27 bits per heavy atom. The van der Waals surface area contributed by atoms with Crippen LogP contribution in [0.2, 0.25) is 0 Å². The van der Waals surface area contributed by atoms with E-state index in [1.807, 2.05) is 0 Å². The van der Waals surface area contributed by atoms with Crippen LogP contribution in [0.5, 0.6) is 0 Å². The predicted molar refractivity (Wildman–Crippen MR) is 163 cm³/mol. The first-order chi connectivity index (χ1) is 23.0. The molecule has 2 aromatic rings. The van der Waals surface area contributed by atoms with E-state index in [9.17, 15) is 47.6 Å². The van der Waals surface area contributed by atoms with Crippen LogP contribution in [0, 0.1) is 0 Å². The molecule has 23 heteroatoms. The van der Waals surface area contributed by atoms with Crippen molar-refractivity contribution in [1.29, 1.82) is 0 Å². The number of benzene rings is 1. The van der Waals surface area contributed by atoms with Crippen LogP contribution in [-0.2, 0) is 29.9 Å².